The van der Waals surface area contributed by atoms with E-state index in [1.807, 2.05) is 0 Å². The molecule has 1 N–H and O–H groups in total. The summed E-state index contributed by atoms with van der Waals surface area (Å²) in [4.78, 5) is 53.6. The van der Waals surface area contributed by atoms with Gasteiger partial charge in [-0.05, 0) is 25.1 Å². The van der Waals surface area contributed by atoms with Crippen molar-refractivity contribution >= 4 is 23.5 Å². The molecular formula is C20H15ClFN3O7. The first-order valence-corrected chi connectivity index (χ1v) is 9.42. The lowest BCUT2D eigenvalue weighted by molar-refractivity contribution is 0.0727. The SMILES string of the molecule is CCOCn1cc(F)c(=O)n(C(=O)c2cccc(C(=O)Oc3cc(O)c(Cl)cn3)c2)c1=O. The molecular weight excluding hydrogens is 449 g/mol. The van der Waals surface area contributed by atoms with Gasteiger partial charge in [0.2, 0.25) is 11.7 Å². The molecule has 0 aliphatic rings. The van der Waals surface area contributed by atoms with Gasteiger partial charge in [0.25, 0.3) is 11.5 Å². The van der Waals surface area contributed by atoms with Crippen LogP contribution >= 0.6 is 11.6 Å². The van der Waals surface area contributed by atoms with E-state index in [2.05, 4.69) is 4.98 Å². The van der Waals surface area contributed by atoms with Crippen LogP contribution in [0.3, 0.4) is 0 Å². The number of esters is 1. The Bertz CT molecular complexity index is 1320. The number of carbonyl (C=O) groups is 2. The Balaban J connectivity index is 1.94. The summed E-state index contributed by atoms with van der Waals surface area (Å²) in [5.74, 6) is -4.05. The number of aromatic hydroxyl groups is 1. The molecule has 0 aliphatic heterocycles. The highest BCUT2D eigenvalue weighted by molar-refractivity contribution is 6.31. The third-order valence-corrected chi connectivity index (χ3v) is 4.39. The molecule has 0 saturated carbocycles. The zero-order valence-electron chi connectivity index (χ0n) is 16.4. The number of hydrogen-bond acceptors (Lipinski definition) is 8. The number of hydrogen-bond donors (Lipinski definition) is 1. The van der Waals surface area contributed by atoms with Gasteiger partial charge in [-0.1, -0.05) is 17.7 Å². The molecule has 0 aliphatic carbocycles. The Hall–Kier alpha value is -3.83. The Morgan fingerprint density at radius 2 is 1.94 bits per heavy atom. The number of pyridine rings is 1. The summed E-state index contributed by atoms with van der Waals surface area (Å²) in [6.07, 6.45) is 1.72. The van der Waals surface area contributed by atoms with Crippen LogP contribution < -0.4 is 16.0 Å². The molecule has 2 aromatic heterocycles. The third kappa shape index (κ3) is 4.74. The molecule has 0 radical (unpaired) electrons. The molecule has 0 atom stereocenters. The van der Waals surface area contributed by atoms with Crippen LogP contribution in [-0.4, -0.2) is 37.7 Å². The molecule has 0 spiro atoms. The van der Waals surface area contributed by atoms with Crippen LogP contribution in [0, 0.1) is 5.82 Å². The predicted octanol–water partition coefficient (Wildman–Crippen LogP) is 1.80. The van der Waals surface area contributed by atoms with E-state index in [4.69, 9.17) is 21.1 Å². The molecule has 12 heteroatoms. The van der Waals surface area contributed by atoms with Gasteiger partial charge < -0.3 is 14.6 Å². The lowest BCUT2D eigenvalue weighted by atomic mass is 10.1. The van der Waals surface area contributed by atoms with E-state index in [1.54, 1.807) is 6.92 Å². The van der Waals surface area contributed by atoms with Crippen LogP contribution in [0.2, 0.25) is 5.02 Å². The monoisotopic (exact) mass is 463 g/mol. The highest BCUT2D eigenvalue weighted by Gasteiger charge is 2.21. The number of halogens is 2. The second-order valence-corrected chi connectivity index (χ2v) is 6.65. The van der Waals surface area contributed by atoms with Gasteiger partial charge in [-0.2, -0.15) is 8.96 Å². The first-order valence-electron chi connectivity index (χ1n) is 9.04. The minimum atomic E-state index is -1.44. The Kier molecular flexibility index (Phi) is 6.81. The largest absolute Gasteiger partial charge is 0.506 e. The van der Waals surface area contributed by atoms with Crippen molar-refractivity contribution in [3.05, 3.63) is 85.5 Å². The van der Waals surface area contributed by atoms with Gasteiger partial charge in [0.05, 0.1) is 18.0 Å². The van der Waals surface area contributed by atoms with E-state index in [0.717, 1.165) is 22.9 Å². The van der Waals surface area contributed by atoms with Crippen molar-refractivity contribution in [1.82, 2.24) is 14.1 Å². The van der Waals surface area contributed by atoms with Gasteiger partial charge in [0, 0.05) is 18.2 Å². The number of benzene rings is 1. The Morgan fingerprint density at radius 1 is 1.22 bits per heavy atom. The van der Waals surface area contributed by atoms with Crippen LogP contribution in [0.1, 0.15) is 27.6 Å². The van der Waals surface area contributed by atoms with Crippen molar-refractivity contribution in [2.24, 2.45) is 0 Å². The average molecular weight is 464 g/mol. The number of carbonyl (C=O) groups excluding carboxylic acids is 2. The minimum Gasteiger partial charge on any atom is -0.506 e. The fourth-order valence-electron chi connectivity index (χ4n) is 2.56. The fraction of sp³-hybridized carbons (Fsp3) is 0.150. The highest BCUT2D eigenvalue weighted by Crippen LogP contribution is 2.25. The van der Waals surface area contributed by atoms with Crippen molar-refractivity contribution < 1.29 is 28.6 Å². The molecule has 0 fully saturated rings. The second-order valence-electron chi connectivity index (χ2n) is 6.24. The van der Waals surface area contributed by atoms with Gasteiger partial charge in [-0.25, -0.2) is 14.6 Å². The van der Waals surface area contributed by atoms with Gasteiger partial charge >= 0.3 is 11.7 Å². The summed E-state index contributed by atoms with van der Waals surface area (Å²) in [5.41, 5.74) is -2.93. The van der Waals surface area contributed by atoms with Gasteiger partial charge in [0.15, 0.2) is 0 Å². The molecule has 0 unspecified atom stereocenters. The molecule has 2 heterocycles. The molecule has 1 aromatic carbocycles. The molecule has 0 bridgehead atoms. The minimum absolute atomic E-state index is 0.0482. The molecule has 3 aromatic rings. The normalized spacial score (nSPS) is 10.7. The van der Waals surface area contributed by atoms with E-state index in [-0.39, 0.29) is 45.7 Å². The van der Waals surface area contributed by atoms with Crippen molar-refractivity contribution in [2.45, 2.75) is 13.7 Å². The van der Waals surface area contributed by atoms with Crippen LogP contribution in [0.15, 0.2) is 52.3 Å². The molecule has 32 heavy (non-hydrogen) atoms. The van der Waals surface area contributed by atoms with Gasteiger partial charge in [0.1, 0.15) is 17.5 Å². The lowest BCUT2D eigenvalue weighted by Gasteiger charge is -2.10. The summed E-state index contributed by atoms with van der Waals surface area (Å²) in [5, 5.41) is 9.52. The summed E-state index contributed by atoms with van der Waals surface area (Å²) >= 11 is 5.64. The Morgan fingerprint density at radius 3 is 2.62 bits per heavy atom. The first-order chi connectivity index (χ1) is 15.2. The maximum Gasteiger partial charge on any atom is 0.344 e. The topological polar surface area (TPSA) is 130 Å². The molecule has 166 valence electrons. The second kappa shape index (κ2) is 9.54. The zero-order valence-corrected chi connectivity index (χ0v) is 17.2. The van der Waals surface area contributed by atoms with Crippen molar-refractivity contribution in [3.63, 3.8) is 0 Å². The van der Waals surface area contributed by atoms with Crippen LogP contribution in [0.5, 0.6) is 11.6 Å². The van der Waals surface area contributed by atoms with Gasteiger partial charge in [-0.3, -0.25) is 14.2 Å². The van der Waals surface area contributed by atoms with E-state index in [1.165, 1.54) is 18.2 Å². The Labute approximate surface area is 184 Å². The quantitative estimate of drug-likeness (QED) is 0.548. The van der Waals surface area contributed by atoms with Crippen molar-refractivity contribution in [2.75, 3.05) is 6.61 Å². The smallest absolute Gasteiger partial charge is 0.344 e. The van der Waals surface area contributed by atoms with Gasteiger partial charge in [-0.15, -0.1) is 0 Å². The van der Waals surface area contributed by atoms with E-state index < -0.39 is 28.9 Å². The summed E-state index contributed by atoms with van der Waals surface area (Å²) in [7, 11) is 0. The lowest BCUT2D eigenvalue weighted by Crippen LogP contribution is -2.45. The van der Waals surface area contributed by atoms with Crippen molar-refractivity contribution in [1.29, 1.82) is 0 Å². The predicted molar refractivity (Wildman–Crippen MR) is 109 cm³/mol. The summed E-state index contributed by atoms with van der Waals surface area (Å²) < 4.78 is 24.9. The maximum atomic E-state index is 14.0. The standard InChI is InChI=1S/C20H15ClFN3O7/c1-2-31-10-24-9-14(22)18(28)25(20(24)30)17(27)11-4-3-5-12(6-11)19(29)32-16-7-15(26)13(21)8-23-16/h3-9H,2,10H2,1H3,(H,23,26). The number of aromatic nitrogens is 3. The first kappa shape index (κ1) is 22.8. The van der Waals surface area contributed by atoms with E-state index in [9.17, 15) is 28.7 Å². The van der Waals surface area contributed by atoms with Crippen LogP contribution in [0.4, 0.5) is 4.39 Å². The summed E-state index contributed by atoms with van der Waals surface area (Å²) in [6, 6.07) is 5.91. The molecule has 10 nitrogen and oxygen atoms in total. The average Bonchev–Trinajstić information content (AvgIpc) is 2.78. The number of nitrogens with zero attached hydrogens (tertiary/aromatic N) is 3. The fourth-order valence-corrected chi connectivity index (χ4v) is 2.66. The highest BCUT2D eigenvalue weighted by atomic mass is 35.5. The molecule has 3 rings (SSSR count). The van der Waals surface area contributed by atoms with E-state index >= 15 is 0 Å². The molecule has 0 saturated heterocycles. The van der Waals surface area contributed by atoms with Crippen LogP contribution in [-0.2, 0) is 11.5 Å². The summed E-state index contributed by atoms with van der Waals surface area (Å²) in [6.45, 7) is 1.49. The third-order valence-electron chi connectivity index (χ3n) is 4.10. The van der Waals surface area contributed by atoms with E-state index in [0.29, 0.717) is 6.20 Å². The zero-order chi connectivity index (χ0) is 23.4. The number of ether oxygens (including phenoxy) is 2. The van der Waals surface area contributed by atoms with Crippen LogP contribution in [0.25, 0.3) is 0 Å². The maximum absolute atomic E-state index is 14.0. The van der Waals surface area contributed by atoms with Crippen molar-refractivity contribution in [3.8, 4) is 11.6 Å². The number of rotatable bonds is 6. The molecule has 0 amide bonds.